The molecule has 0 atom stereocenters. The summed E-state index contributed by atoms with van der Waals surface area (Å²) in [4.78, 5) is 34.6. The van der Waals surface area contributed by atoms with Crippen LogP contribution < -0.4 is 4.90 Å². The first-order valence-electron chi connectivity index (χ1n) is 8.71. The Bertz CT molecular complexity index is 1220. The van der Waals surface area contributed by atoms with Crippen LogP contribution in [0.4, 0.5) is 10.8 Å². The number of ether oxygens (including phenoxy) is 1. The fourth-order valence-corrected chi connectivity index (χ4v) is 4.03. The van der Waals surface area contributed by atoms with E-state index in [1.807, 2.05) is 0 Å². The van der Waals surface area contributed by atoms with Gasteiger partial charge in [-0.25, -0.2) is 14.8 Å². The van der Waals surface area contributed by atoms with Crippen LogP contribution in [0.1, 0.15) is 18.2 Å². The third-order valence-corrected chi connectivity index (χ3v) is 5.50. The van der Waals surface area contributed by atoms with E-state index in [1.165, 1.54) is 29.2 Å². The van der Waals surface area contributed by atoms with Crippen LogP contribution >= 0.6 is 34.5 Å². The SMILES string of the molecule is CC(=O)N(c1cccc(Cl)c1)c1nc(/C=C2\N=C(c3ccccc3Cl)OC2=O)cs1. The quantitative estimate of drug-likeness (QED) is 0.384. The van der Waals surface area contributed by atoms with Crippen molar-refractivity contribution in [3.63, 3.8) is 0 Å². The number of aromatic nitrogens is 1. The molecular formula is C21H13Cl2N3O3S. The number of anilines is 2. The van der Waals surface area contributed by atoms with Crippen molar-refractivity contribution in [2.75, 3.05) is 4.90 Å². The molecule has 1 aliphatic rings. The molecule has 0 N–H and O–H groups in total. The Morgan fingerprint density at radius 3 is 2.70 bits per heavy atom. The third-order valence-electron chi connectivity index (χ3n) is 4.09. The Hall–Kier alpha value is -3.00. The number of benzene rings is 2. The lowest BCUT2D eigenvalue weighted by Gasteiger charge is -2.18. The van der Waals surface area contributed by atoms with Gasteiger partial charge in [0.15, 0.2) is 10.8 Å². The lowest BCUT2D eigenvalue weighted by Crippen LogP contribution is -2.22. The first-order chi connectivity index (χ1) is 14.4. The van der Waals surface area contributed by atoms with E-state index in [1.54, 1.807) is 53.9 Å². The number of carbonyl (C=O) groups excluding carboxylic acids is 2. The number of nitrogens with zero attached hydrogens (tertiary/aromatic N) is 3. The fraction of sp³-hybridized carbons (Fsp3) is 0.0476. The molecule has 9 heteroatoms. The molecule has 0 bridgehead atoms. The topological polar surface area (TPSA) is 71.9 Å². The van der Waals surface area contributed by atoms with Gasteiger partial charge in [0, 0.05) is 17.3 Å². The number of amides is 1. The van der Waals surface area contributed by atoms with Crippen molar-refractivity contribution in [2.24, 2.45) is 4.99 Å². The second kappa shape index (κ2) is 8.39. The summed E-state index contributed by atoms with van der Waals surface area (Å²) in [6, 6.07) is 13.9. The van der Waals surface area contributed by atoms with Crippen LogP contribution in [0, 0.1) is 0 Å². The van der Waals surface area contributed by atoms with E-state index in [4.69, 9.17) is 27.9 Å². The zero-order valence-corrected chi connectivity index (χ0v) is 17.8. The first kappa shape index (κ1) is 20.3. The monoisotopic (exact) mass is 457 g/mol. The van der Waals surface area contributed by atoms with Gasteiger partial charge in [0.1, 0.15) is 0 Å². The van der Waals surface area contributed by atoms with E-state index in [0.29, 0.717) is 32.1 Å². The number of thiazole rings is 1. The van der Waals surface area contributed by atoms with Gasteiger partial charge in [-0.3, -0.25) is 9.69 Å². The van der Waals surface area contributed by atoms with Crippen LogP contribution in [-0.2, 0) is 14.3 Å². The van der Waals surface area contributed by atoms with Gasteiger partial charge in [-0.05, 0) is 36.4 Å². The van der Waals surface area contributed by atoms with Crippen LogP contribution in [0.2, 0.25) is 10.0 Å². The van der Waals surface area contributed by atoms with Crippen LogP contribution in [0.5, 0.6) is 0 Å². The van der Waals surface area contributed by atoms with E-state index in [2.05, 4.69) is 9.98 Å². The summed E-state index contributed by atoms with van der Waals surface area (Å²) < 4.78 is 5.24. The number of carbonyl (C=O) groups is 2. The minimum absolute atomic E-state index is 0.0962. The Kier molecular flexibility index (Phi) is 5.67. The van der Waals surface area contributed by atoms with Crippen LogP contribution in [0.25, 0.3) is 6.08 Å². The molecule has 2 heterocycles. The highest BCUT2D eigenvalue weighted by Gasteiger charge is 2.26. The van der Waals surface area contributed by atoms with E-state index < -0.39 is 5.97 Å². The number of esters is 1. The standard InChI is InChI=1S/C21H13Cl2N3O3S/c1-12(27)26(15-6-4-5-13(22)9-15)21-24-14(11-30-21)10-18-20(28)29-19(25-18)16-7-2-3-8-17(16)23/h2-11H,1H3/b18-10-. The highest BCUT2D eigenvalue weighted by molar-refractivity contribution is 7.14. The molecule has 0 aliphatic carbocycles. The number of cyclic esters (lactones) is 1. The summed E-state index contributed by atoms with van der Waals surface area (Å²) >= 11 is 13.5. The smallest absolute Gasteiger partial charge is 0.363 e. The zero-order valence-electron chi connectivity index (χ0n) is 15.5. The molecule has 0 fully saturated rings. The number of halogens is 2. The van der Waals surface area contributed by atoms with Gasteiger partial charge in [-0.2, -0.15) is 0 Å². The van der Waals surface area contributed by atoms with Crippen molar-refractivity contribution in [3.05, 3.63) is 80.9 Å². The van der Waals surface area contributed by atoms with Crippen molar-refractivity contribution < 1.29 is 14.3 Å². The fourth-order valence-electron chi connectivity index (χ4n) is 2.79. The van der Waals surface area contributed by atoms with Crippen molar-refractivity contribution in [2.45, 2.75) is 6.92 Å². The third kappa shape index (κ3) is 4.14. The Balaban J connectivity index is 1.65. The predicted molar refractivity (Wildman–Crippen MR) is 118 cm³/mol. The molecule has 0 radical (unpaired) electrons. The Labute approximate surface area is 186 Å². The summed E-state index contributed by atoms with van der Waals surface area (Å²) in [7, 11) is 0. The molecule has 30 heavy (non-hydrogen) atoms. The maximum atomic E-state index is 12.2. The van der Waals surface area contributed by atoms with Gasteiger partial charge >= 0.3 is 5.97 Å². The van der Waals surface area contributed by atoms with Crippen molar-refractivity contribution in [1.29, 1.82) is 0 Å². The highest BCUT2D eigenvalue weighted by atomic mass is 35.5. The van der Waals surface area contributed by atoms with Gasteiger partial charge < -0.3 is 4.74 Å². The van der Waals surface area contributed by atoms with E-state index >= 15 is 0 Å². The van der Waals surface area contributed by atoms with Gasteiger partial charge in [0.2, 0.25) is 11.8 Å². The molecule has 3 aromatic rings. The molecule has 1 aromatic heterocycles. The van der Waals surface area contributed by atoms with Gasteiger partial charge in [0.05, 0.1) is 22.0 Å². The molecule has 4 rings (SSSR count). The molecule has 1 amide bonds. The first-order valence-corrected chi connectivity index (χ1v) is 10.3. The molecule has 0 saturated carbocycles. The molecular weight excluding hydrogens is 445 g/mol. The molecule has 150 valence electrons. The summed E-state index contributed by atoms with van der Waals surface area (Å²) in [5, 5.41) is 3.10. The lowest BCUT2D eigenvalue weighted by molar-refractivity contribution is -0.130. The lowest BCUT2D eigenvalue weighted by atomic mass is 10.2. The summed E-state index contributed by atoms with van der Waals surface area (Å²) in [5.74, 6) is -0.681. The number of hydrogen-bond donors (Lipinski definition) is 0. The molecule has 6 nitrogen and oxygen atoms in total. The Morgan fingerprint density at radius 1 is 1.17 bits per heavy atom. The van der Waals surface area contributed by atoms with Crippen LogP contribution in [0.3, 0.4) is 0 Å². The summed E-state index contributed by atoms with van der Waals surface area (Å²) in [6.45, 7) is 1.44. The van der Waals surface area contributed by atoms with Crippen LogP contribution in [-0.4, -0.2) is 22.8 Å². The average molecular weight is 458 g/mol. The zero-order chi connectivity index (χ0) is 21.3. The maximum Gasteiger partial charge on any atom is 0.363 e. The van der Waals surface area contributed by atoms with Gasteiger partial charge in [-0.15, -0.1) is 11.3 Å². The van der Waals surface area contributed by atoms with Crippen molar-refractivity contribution in [3.8, 4) is 0 Å². The predicted octanol–water partition coefficient (Wildman–Crippen LogP) is 5.48. The maximum absolute atomic E-state index is 12.2. The minimum Gasteiger partial charge on any atom is -0.402 e. The number of hydrogen-bond acceptors (Lipinski definition) is 6. The average Bonchev–Trinajstić information content (AvgIpc) is 3.29. The number of rotatable bonds is 4. The molecule has 0 spiro atoms. The minimum atomic E-state index is -0.599. The highest BCUT2D eigenvalue weighted by Crippen LogP contribution is 2.31. The summed E-state index contributed by atoms with van der Waals surface area (Å²) in [6.07, 6.45) is 1.50. The van der Waals surface area contributed by atoms with Gasteiger partial charge in [-0.1, -0.05) is 41.4 Å². The van der Waals surface area contributed by atoms with E-state index in [-0.39, 0.29) is 17.5 Å². The molecule has 2 aromatic carbocycles. The largest absolute Gasteiger partial charge is 0.402 e. The van der Waals surface area contributed by atoms with Crippen molar-refractivity contribution >= 4 is 69.2 Å². The van der Waals surface area contributed by atoms with E-state index in [9.17, 15) is 9.59 Å². The molecule has 0 unspecified atom stereocenters. The molecule has 0 saturated heterocycles. The van der Waals surface area contributed by atoms with Crippen molar-refractivity contribution in [1.82, 2.24) is 4.98 Å². The van der Waals surface area contributed by atoms with Gasteiger partial charge in [0.25, 0.3) is 0 Å². The number of aliphatic imine (C=N–C) groups is 1. The Morgan fingerprint density at radius 2 is 1.97 bits per heavy atom. The summed E-state index contributed by atoms with van der Waals surface area (Å²) in [5.41, 5.74) is 1.69. The second-order valence-corrected chi connectivity index (χ2v) is 7.89. The molecule has 1 aliphatic heterocycles. The normalized spacial score (nSPS) is 14.6. The second-order valence-electron chi connectivity index (χ2n) is 6.21. The van der Waals surface area contributed by atoms with Crippen LogP contribution in [0.15, 0.2) is 64.6 Å². The van der Waals surface area contributed by atoms with E-state index in [0.717, 1.165) is 0 Å².